The molecule has 4 heteroatoms. The van der Waals surface area contributed by atoms with Gasteiger partial charge >= 0.3 is 35.5 Å². The molecule has 0 saturated heterocycles. The number of aliphatic hydroxyl groups is 1. The van der Waals surface area contributed by atoms with Gasteiger partial charge in [0.2, 0.25) is 0 Å². The van der Waals surface area contributed by atoms with E-state index in [1.54, 1.807) is 0 Å². The van der Waals surface area contributed by atoms with E-state index in [1.807, 2.05) is 0 Å². The van der Waals surface area contributed by atoms with Gasteiger partial charge in [-0.3, -0.25) is 0 Å². The molecule has 0 amide bonds. The fourth-order valence-corrected chi connectivity index (χ4v) is 0.262. The molecule has 0 aliphatic rings. The summed E-state index contributed by atoms with van der Waals surface area (Å²) in [7, 11) is 0. The Balaban J connectivity index is 0. The molecule has 1 atom stereocenters. The van der Waals surface area contributed by atoms with Crippen LogP contribution in [-0.4, -0.2) is 53.3 Å². The Morgan fingerprint density at radius 3 is 2.70 bits per heavy atom. The second-order valence-electron chi connectivity index (χ2n) is 1.59. The van der Waals surface area contributed by atoms with Crippen LogP contribution in [0.3, 0.4) is 0 Å². The van der Waals surface area contributed by atoms with Crippen molar-refractivity contribution in [1.82, 2.24) is 0 Å². The first-order chi connectivity index (χ1) is 4.18. The first-order valence-corrected chi connectivity index (χ1v) is 2.64. The van der Waals surface area contributed by atoms with Crippen LogP contribution in [0.2, 0.25) is 0 Å². The summed E-state index contributed by atoms with van der Waals surface area (Å²) < 4.78 is 4.45. The van der Waals surface area contributed by atoms with Crippen LogP contribution in [0, 0.1) is 0 Å². The molecule has 0 aliphatic carbocycles. The zero-order valence-corrected chi connectivity index (χ0v) is 5.33. The SMILES string of the molecule is C=CCOC(=O)C(C)O.[NaH]. The van der Waals surface area contributed by atoms with E-state index in [2.05, 4.69) is 11.3 Å². The predicted octanol–water partition coefficient (Wildman–Crippen LogP) is -0.552. The van der Waals surface area contributed by atoms with Crippen LogP contribution in [0.5, 0.6) is 0 Å². The molecule has 0 rings (SSSR count). The number of carbonyl (C=O) groups excluding carboxylic acids is 1. The number of hydrogen-bond acceptors (Lipinski definition) is 3. The van der Waals surface area contributed by atoms with Gasteiger partial charge in [-0.15, -0.1) is 0 Å². The summed E-state index contributed by atoms with van der Waals surface area (Å²) in [6.45, 7) is 4.84. The van der Waals surface area contributed by atoms with Gasteiger partial charge in [0, 0.05) is 0 Å². The Morgan fingerprint density at radius 1 is 1.90 bits per heavy atom. The summed E-state index contributed by atoms with van der Waals surface area (Å²) >= 11 is 0. The molecular weight excluding hydrogens is 143 g/mol. The zero-order valence-electron chi connectivity index (χ0n) is 5.33. The minimum atomic E-state index is -1.04. The van der Waals surface area contributed by atoms with E-state index < -0.39 is 12.1 Å². The molecule has 0 radical (unpaired) electrons. The van der Waals surface area contributed by atoms with E-state index in [1.165, 1.54) is 13.0 Å². The van der Waals surface area contributed by atoms with E-state index in [-0.39, 0.29) is 36.2 Å². The van der Waals surface area contributed by atoms with Gasteiger partial charge in [0.15, 0.2) is 0 Å². The third kappa shape index (κ3) is 6.29. The number of aliphatic hydroxyl groups excluding tert-OH is 1. The summed E-state index contributed by atoms with van der Waals surface area (Å²) in [6, 6.07) is 0. The number of carbonyl (C=O) groups is 1. The van der Waals surface area contributed by atoms with Crippen molar-refractivity contribution in [3.05, 3.63) is 12.7 Å². The van der Waals surface area contributed by atoms with E-state index in [9.17, 15) is 4.79 Å². The quantitative estimate of drug-likeness (QED) is 0.337. The van der Waals surface area contributed by atoms with Crippen LogP contribution in [-0.2, 0) is 9.53 Å². The minimum absolute atomic E-state index is 0. The summed E-state index contributed by atoms with van der Waals surface area (Å²) in [5, 5.41) is 8.54. The second kappa shape index (κ2) is 7.28. The Hall–Kier alpha value is 0.170. The maximum atomic E-state index is 10.4. The van der Waals surface area contributed by atoms with Crippen molar-refractivity contribution in [2.24, 2.45) is 0 Å². The summed E-state index contributed by atoms with van der Waals surface area (Å²) in [5.74, 6) is -0.616. The van der Waals surface area contributed by atoms with Crippen LogP contribution in [0.25, 0.3) is 0 Å². The van der Waals surface area contributed by atoms with Crippen LogP contribution in [0.1, 0.15) is 6.92 Å². The first kappa shape index (κ1) is 12.8. The molecule has 0 saturated carbocycles. The van der Waals surface area contributed by atoms with Gasteiger partial charge in [-0.2, -0.15) is 0 Å². The summed E-state index contributed by atoms with van der Waals surface area (Å²) in [6.07, 6.45) is 0.408. The number of ether oxygens (including phenoxy) is 1. The average Bonchev–Trinajstić information content (AvgIpc) is 1.82. The van der Waals surface area contributed by atoms with E-state index in [0.717, 1.165) is 0 Å². The molecule has 0 aromatic rings. The normalized spacial score (nSPS) is 11.0. The second-order valence-corrected chi connectivity index (χ2v) is 1.59. The number of hydrogen-bond donors (Lipinski definition) is 1. The van der Waals surface area contributed by atoms with Gasteiger partial charge in [0.05, 0.1) is 0 Å². The fraction of sp³-hybridized carbons (Fsp3) is 0.500. The van der Waals surface area contributed by atoms with Gasteiger partial charge in [0.1, 0.15) is 12.7 Å². The van der Waals surface area contributed by atoms with Gasteiger partial charge in [-0.25, -0.2) is 4.79 Å². The van der Waals surface area contributed by atoms with Gasteiger partial charge < -0.3 is 9.84 Å². The Kier molecular flexibility index (Phi) is 9.33. The molecule has 10 heavy (non-hydrogen) atoms. The van der Waals surface area contributed by atoms with Crippen LogP contribution < -0.4 is 0 Å². The monoisotopic (exact) mass is 154 g/mol. The zero-order chi connectivity index (χ0) is 7.28. The standard InChI is InChI=1S/C6H10O3.Na.H/c1-3-4-9-6(8)5(2)7;;/h3,5,7H,1,4H2,2H3;;. The molecule has 0 fully saturated rings. The van der Waals surface area contributed by atoms with Crippen LogP contribution in [0.15, 0.2) is 12.7 Å². The predicted molar refractivity (Wildman–Crippen MR) is 40.0 cm³/mol. The first-order valence-electron chi connectivity index (χ1n) is 2.64. The van der Waals surface area contributed by atoms with Crippen molar-refractivity contribution in [1.29, 1.82) is 0 Å². The van der Waals surface area contributed by atoms with Crippen molar-refractivity contribution in [3.8, 4) is 0 Å². The molecule has 0 aliphatic heterocycles. The number of esters is 1. The van der Waals surface area contributed by atoms with Crippen molar-refractivity contribution in [2.45, 2.75) is 13.0 Å². The molecule has 0 spiro atoms. The fourth-order valence-electron chi connectivity index (χ4n) is 0.262. The molecule has 0 aromatic carbocycles. The van der Waals surface area contributed by atoms with Gasteiger partial charge in [0.25, 0.3) is 0 Å². The third-order valence-corrected chi connectivity index (χ3v) is 0.685. The Labute approximate surface area is 82.4 Å². The van der Waals surface area contributed by atoms with E-state index >= 15 is 0 Å². The average molecular weight is 154 g/mol. The molecule has 0 heterocycles. The van der Waals surface area contributed by atoms with Crippen molar-refractivity contribution in [2.75, 3.05) is 6.61 Å². The maximum absolute atomic E-state index is 10.4. The van der Waals surface area contributed by atoms with Crippen molar-refractivity contribution >= 4 is 35.5 Å². The number of rotatable bonds is 3. The Morgan fingerprint density at radius 2 is 2.40 bits per heavy atom. The topological polar surface area (TPSA) is 46.5 Å². The van der Waals surface area contributed by atoms with Crippen molar-refractivity contribution < 1.29 is 14.6 Å². The van der Waals surface area contributed by atoms with E-state index in [0.29, 0.717) is 0 Å². The van der Waals surface area contributed by atoms with Crippen LogP contribution >= 0.6 is 0 Å². The molecule has 0 aromatic heterocycles. The Bertz CT molecular complexity index is 112. The summed E-state index contributed by atoms with van der Waals surface area (Å²) in [5.41, 5.74) is 0. The third-order valence-electron chi connectivity index (χ3n) is 0.685. The molecule has 1 N–H and O–H groups in total. The van der Waals surface area contributed by atoms with Crippen LogP contribution in [0.4, 0.5) is 0 Å². The van der Waals surface area contributed by atoms with Gasteiger partial charge in [-0.05, 0) is 6.92 Å². The molecule has 3 nitrogen and oxygen atoms in total. The van der Waals surface area contributed by atoms with Gasteiger partial charge in [-0.1, -0.05) is 12.7 Å². The molecular formula is C6H11NaO3. The molecule has 1 unspecified atom stereocenters. The molecule has 0 bridgehead atoms. The van der Waals surface area contributed by atoms with Crippen molar-refractivity contribution in [3.63, 3.8) is 0 Å². The van der Waals surface area contributed by atoms with E-state index in [4.69, 9.17) is 5.11 Å². The summed E-state index contributed by atoms with van der Waals surface area (Å²) in [4.78, 5) is 10.4. The molecule has 54 valence electrons.